The highest BCUT2D eigenvalue weighted by Gasteiger charge is 2.33. The lowest BCUT2D eigenvalue weighted by Crippen LogP contribution is -2.58. The number of rotatable bonds is 8. The summed E-state index contributed by atoms with van der Waals surface area (Å²) < 4.78 is 0. The van der Waals surface area contributed by atoms with Gasteiger partial charge in [0.2, 0.25) is 11.8 Å². The van der Waals surface area contributed by atoms with Crippen LogP contribution < -0.4 is 16.0 Å². The predicted molar refractivity (Wildman–Crippen MR) is 83.7 cm³/mol. The Balaban J connectivity index is 2.77. The lowest BCUT2D eigenvalue weighted by atomic mass is 9.97. The van der Waals surface area contributed by atoms with E-state index in [0.717, 1.165) is 13.0 Å². The number of carboxylic acid groups (broad SMARTS) is 1. The maximum Gasteiger partial charge on any atom is 0.328 e. The third-order valence-electron chi connectivity index (χ3n) is 4.22. The highest BCUT2D eigenvalue weighted by atomic mass is 16.4. The van der Waals surface area contributed by atoms with Crippen LogP contribution in [-0.2, 0) is 14.4 Å². The van der Waals surface area contributed by atoms with Crippen LogP contribution in [0.4, 0.5) is 0 Å². The smallest absolute Gasteiger partial charge is 0.328 e. The second kappa shape index (κ2) is 8.83. The molecule has 2 amide bonds. The van der Waals surface area contributed by atoms with Gasteiger partial charge >= 0.3 is 5.97 Å². The molecule has 0 saturated carbocycles. The number of carbonyl (C=O) groups excluding carboxylic acids is 2. The van der Waals surface area contributed by atoms with Gasteiger partial charge in [-0.1, -0.05) is 20.3 Å². The van der Waals surface area contributed by atoms with Gasteiger partial charge in [-0.25, -0.2) is 4.79 Å². The molecule has 0 aromatic heterocycles. The molecule has 8 nitrogen and oxygen atoms in total. The van der Waals surface area contributed by atoms with Crippen LogP contribution in [0.1, 0.15) is 40.0 Å². The van der Waals surface area contributed by atoms with Crippen molar-refractivity contribution < 1.29 is 24.6 Å². The highest BCUT2D eigenvalue weighted by Crippen LogP contribution is 2.11. The summed E-state index contributed by atoms with van der Waals surface area (Å²) >= 11 is 0. The van der Waals surface area contributed by atoms with Crippen LogP contribution in [-0.4, -0.2) is 58.8 Å². The van der Waals surface area contributed by atoms with Gasteiger partial charge in [-0.2, -0.15) is 0 Å². The molecule has 23 heavy (non-hydrogen) atoms. The minimum absolute atomic E-state index is 0.163. The van der Waals surface area contributed by atoms with Crippen molar-refractivity contribution in [3.8, 4) is 0 Å². The van der Waals surface area contributed by atoms with Crippen molar-refractivity contribution in [3.63, 3.8) is 0 Å². The van der Waals surface area contributed by atoms with Crippen molar-refractivity contribution in [2.24, 2.45) is 5.92 Å². The van der Waals surface area contributed by atoms with Crippen LogP contribution in [0.5, 0.6) is 0 Å². The van der Waals surface area contributed by atoms with Crippen molar-refractivity contribution in [1.29, 1.82) is 0 Å². The van der Waals surface area contributed by atoms with Gasteiger partial charge in [0, 0.05) is 0 Å². The molecule has 132 valence electrons. The third-order valence-corrected chi connectivity index (χ3v) is 4.22. The number of carbonyl (C=O) groups is 3. The SMILES string of the molecule is CC[C@H](C)[C@H](NC(=O)[C@@H]1CCCN1)C(=O)N[C@H](C(=O)O)[C@@H](C)O. The second-order valence-electron chi connectivity index (χ2n) is 6.09. The quantitative estimate of drug-likeness (QED) is 0.397. The van der Waals surface area contributed by atoms with Gasteiger partial charge < -0.3 is 26.2 Å². The molecule has 0 radical (unpaired) electrons. The Morgan fingerprint density at radius 1 is 1.22 bits per heavy atom. The van der Waals surface area contributed by atoms with Crippen LogP contribution >= 0.6 is 0 Å². The summed E-state index contributed by atoms with van der Waals surface area (Å²) in [4.78, 5) is 35.7. The molecule has 1 aliphatic heterocycles. The minimum atomic E-state index is -1.41. The molecular weight excluding hydrogens is 302 g/mol. The molecule has 0 unspecified atom stereocenters. The molecule has 1 heterocycles. The maximum absolute atomic E-state index is 12.4. The summed E-state index contributed by atoms with van der Waals surface area (Å²) in [5.74, 6) is -2.34. The van der Waals surface area contributed by atoms with E-state index in [-0.39, 0.29) is 17.9 Å². The molecule has 8 heteroatoms. The van der Waals surface area contributed by atoms with E-state index in [1.165, 1.54) is 6.92 Å². The molecule has 0 aliphatic carbocycles. The van der Waals surface area contributed by atoms with Crippen molar-refractivity contribution in [3.05, 3.63) is 0 Å². The first kappa shape index (κ1) is 19.4. The molecule has 0 aromatic rings. The summed E-state index contributed by atoms with van der Waals surface area (Å²) in [6.45, 7) is 5.75. The number of aliphatic hydroxyl groups excluding tert-OH is 1. The van der Waals surface area contributed by atoms with Gasteiger partial charge in [-0.05, 0) is 32.2 Å². The molecule has 1 saturated heterocycles. The fourth-order valence-electron chi connectivity index (χ4n) is 2.50. The summed E-state index contributed by atoms with van der Waals surface area (Å²) in [7, 11) is 0. The van der Waals surface area contributed by atoms with Gasteiger partial charge in [0.1, 0.15) is 6.04 Å². The van der Waals surface area contributed by atoms with Crippen LogP contribution in [0.15, 0.2) is 0 Å². The largest absolute Gasteiger partial charge is 0.480 e. The molecule has 0 bridgehead atoms. The Labute approximate surface area is 136 Å². The minimum Gasteiger partial charge on any atom is -0.480 e. The van der Waals surface area contributed by atoms with Gasteiger partial charge in [0.15, 0.2) is 6.04 Å². The number of nitrogens with one attached hydrogen (secondary N) is 3. The standard InChI is InChI=1S/C15H27N3O5/c1-4-8(2)11(17-13(20)10-6-5-7-16-10)14(21)18-12(9(3)19)15(22)23/h8-12,16,19H,4-7H2,1-3H3,(H,17,20)(H,18,21)(H,22,23)/t8-,9+,10-,11-,12-/m0/s1. The Kier molecular flexibility index (Phi) is 7.44. The Bertz CT molecular complexity index is 435. The number of hydrogen-bond acceptors (Lipinski definition) is 5. The van der Waals surface area contributed by atoms with Gasteiger partial charge in [-0.15, -0.1) is 0 Å². The zero-order valence-electron chi connectivity index (χ0n) is 13.8. The Hall–Kier alpha value is -1.67. The van der Waals surface area contributed by atoms with Crippen molar-refractivity contribution in [1.82, 2.24) is 16.0 Å². The fourth-order valence-corrected chi connectivity index (χ4v) is 2.50. The zero-order valence-corrected chi connectivity index (χ0v) is 13.8. The molecule has 5 atom stereocenters. The summed E-state index contributed by atoms with van der Waals surface area (Å²) in [5, 5.41) is 26.6. The summed E-state index contributed by atoms with van der Waals surface area (Å²) in [6, 6.07) is -2.56. The molecule has 5 N–H and O–H groups in total. The Morgan fingerprint density at radius 2 is 1.87 bits per heavy atom. The van der Waals surface area contributed by atoms with Gasteiger partial charge in [0.25, 0.3) is 0 Å². The molecule has 1 fully saturated rings. The lowest BCUT2D eigenvalue weighted by Gasteiger charge is -2.27. The molecular formula is C15H27N3O5. The maximum atomic E-state index is 12.4. The van der Waals surface area contributed by atoms with Crippen molar-refractivity contribution >= 4 is 17.8 Å². The van der Waals surface area contributed by atoms with Crippen LogP contribution in [0.3, 0.4) is 0 Å². The van der Waals surface area contributed by atoms with E-state index in [1.807, 2.05) is 13.8 Å². The first-order valence-corrected chi connectivity index (χ1v) is 8.02. The average Bonchev–Trinajstić information content (AvgIpc) is 3.02. The molecule has 1 aliphatic rings. The molecule has 0 aromatic carbocycles. The zero-order chi connectivity index (χ0) is 17.6. The molecule has 0 spiro atoms. The van der Waals surface area contributed by atoms with E-state index >= 15 is 0 Å². The second-order valence-corrected chi connectivity index (χ2v) is 6.09. The van der Waals surface area contributed by atoms with Gasteiger partial charge in [-0.3, -0.25) is 9.59 Å². The first-order valence-electron chi connectivity index (χ1n) is 8.02. The van der Waals surface area contributed by atoms with E-state index in [9.17, 15) is 19.5 Å². The van der Waals surface area contributed by atoms with Crippen LogP contribution in [0.2, 0.25) is 0 Å². The number of carboxylic acids is 1. The predicted octanol–water partition coefficient (Wildman–Crippen LogP) is -0.780. The van der Waals surface area contributed by atoms with E-state index in [1.54, 1.807) is 0 Å². The van der Waals surface area contributed by atoms with Gasteiger partial charge in [0.05, 0.1) is 12.1 Å². The fraction of sp³-hybridized carbons (Fsp3) is 0.800. The Morgan fingerprint density at radius 3 is 2.30 bits per heavy atom. The van der Waals surface area contributed by atoms with Crippen LogP contribution in [0.25, 0.3) is 0 Å². The van der Waals surface area contributed by atoms with E-state index in [2.05, 4.69) is 16.0 Å². The van der Waals surface area contributed by atoms with E-state index in [4.69, 9.17) is 5.11 Å². The third kappa shape index (κ3) is 5.47. The van der Waals surface area contributed by atoms with Crippen LogP contribution in [0, 0.1) is 5.92 Å². The summed E-state index contributed by atoms with van der Waals surface area (Å²) in [5.41, 5.74) is 0. The lowest BCUT2D eigenvalue weighted by molar-refractivity contribution is -0.145. The van der Waals surface area contributed by atoms with E-state index < -0.39 is 30.1 Å². The summed E-state index contributed by atoms with van der Waals surface area (Å²) in [6.07, 6.45) is 1.03. The van der Waals surface area contributed by atoms with E-state index in [0.29, 0.717) is 12.8 Å². The first-order chi connectivity index (χ1) is 10.8. The molecule has 1 rings (SSSR count). The monoisotopic (exact) mass is 329 g/mol. The normalized spacial score (nSPS) is 22.7. The number of aliphatic carboxylic acids is 1. The number of aliphatic hydroxyl groups is 1. The number of hydrogen-bond donors (Lipinski definition) is 5. The topological polar surface area (TPSA) is 128 Å². The number of amides is 2. The highest BCUT2D eigenvalue weighted by molar-refractivity contribution is 5.92. The van der Waals surface area contributed by atoms with Crippen molar-refractivity contribution in [2.75, 3.05) is 6.54 Å². The van der Waals surface area contributed by atoms with Crippen molar-refractivity contribution in [2.45, 2.75) is 64.3 Å². The average molecular weight is 329 g/mol.